The van der Waals surface area contributed by atoms with Crippen molar-refractivity contribution in [2.75, 3.05) is 16.8 Å². The Morgan fingerprint density at radius 2 is 1.94 bits per heavy atom. The summed E-state index contributed by atoms with van der Waals surface area (Å²) in [6, 6.07) is 2.77. The van der Waals surface area contributed by atoms with Crippen LogP contribution in [0.3, 0.4) is 0 Å². The van der Waals surface area contributed by atoms with E-state index < -0.39 is 0 Å². The van der Waals surface area contributed by atoms with Gasteiger partial charge < -0.3 is 4.90 Å². The van der Waals surface area contributed by atoms with Crippen LogP contribution in [0.25, 0.3) is 0 Å². The zero-order valence-electron chi connectivity index (χ0n) is 11.3. The molecule has 3 nitrogen and oxygen atoms in total. The number of alkyl halides is 1. The maximum Gasteiger partial charge on any atom is 0.132 e. The van der Waals surface area contributed by atoms with E-state index in [1.54, 1.807) is 0 Å². The molecule has 1 fully saturated rings. The van der Waals surface area contributed by atoms with Gasteiger partial charge in [0.25, 0.3) is 0 Å². The number of halogens is 1. The monoisotopic (exact) mass is 311 g/mol. The average molecular weight is 312 g/mol. The van der Waals surface area contributed by atoms with E-state index in [1.807, 2.05) is 13.8 Å². The van der Waals surface area contributed by atoms with E-state index in [9.17, 15) is 0 Å². The van der Waals surface area contributed by atoms with E-state index in [1.165, 1.54) is 32.1 Å². The molecule has 0 amide bonds. The molecule has 100 valence electrons. The predicted octanol–water partition coefficient (Wildman–Crippen LogP) is 3.63. The summed E-state index contributed by atoms with van der Waals surface area (Å²) >= 11 is 3.57. The Morgan fingerprint density at radius 3 is 2.56 bits per heavy atom. The number of nitrogens with zero attached hydrogens (tertiary/aromatic N) is 3. The van der Waals surface area contributed by atoms with Crippen LogP contribution in [0, 0.1) is 13.8 Å². The van der Waals surface area contributed by atoms with Gasteiger partial charge in [0.2, 0.25) is 0 Å². The molecule has 0 aromatic carbocycles. The molecular formula is C14H22BrN3. The highest BCUT2D eigenvalue weighted by Crippen LogP contribution is 2.26. The Balaban J connectivity index is 2.22. The SMILES string of the molecule is Cc1cc(N(CCBr)C2CCCCC2)nc(C)n1. The average Bonchev–Trinajstić information content (AvgIpc) is 2.36. The fourth-order valence-electron chi connectivity index (χ4n) is 2.81. The van der Waals surface area contributed by atoms with Crippen molar-refractivity contribution in [2.45, 2.75) is 52.0 Å². The summed E-state index contributed by atoms with van der Waals surface area (Å²) in [4.78, 5) is 11.5. The van der Waals surface area contributed by atoms with Crippen LogP contribution in [0.5, 0.6) is 0 Å². The van der Waals surface area contributed by atoms with Crippen molar-refractivity contribution in [3.05, 3.63) is 17.6 Å². The highest BCUT2D eigenvalue weighted by molar-refractivity contribution is 9.09. The Kier molecular flexibility index (Phi) is 4.98. The maximum atomic E-state index is 4.62. The standard InChI is InChI=1S/C14H22BrN3/c1-11-10-14(17-12(2)16-11)18(9-8-15)13-6-4-3-5-7-13/h10,13H,3-9H2,1-2H3. The van der Waals surface area contributed by atoms with Gasteiger partial charge in [-0.25, -0.2) is 9.97 Å². The molecule has 0 atom stereocenters. The normalized spacial score (nSPS) is 16.8. The highest BCUT2D eigenvalue weighted by atomic mass is 79.9. The molecule has 0 radical (unpaired) electrons. The van der Waals surface area contributed by atoms with Gasteiger partial charge in [-0.2, -0.15) is 0 Å². The van der Waals surface area contributed by atoms with E-state index in [0.29, 0.717) is 6.04 Å². The molecule has 0 spiro atoms. The summed E-state index contributed by atoms with van der Waals surface area (Å²) in [5.74, 6) is 1.98. The molecule has 1 heterocycles. The van der Waals surface area contributed by atoms with Crippen LogP contribution in [0.1, 0.15) is 43.6 Å². The molecule has 1 aliphatic carbocycles. The van der Waals surface area contributed by atoms with Crippen molar-refractivity contribution in [1.82, 2.24) is 9.97 Å². The Labute approximate surface area is 118 Å². The van der Waals surface area contributed by atoms with Crippen molar-refractivity contribution >= 4 is 21.7 Å². The smallest absolute Gasteiger partial charge is 0.132 e. The van der Waals surface area contributed by atoms with Crippen molar-refractivity contribution < 1.29 is 0 Å². The predicted molar refractivity (Wildman–Crippen MR) is 79.5 cm³/mol. The molecule has 0 unspecified atom stereocenters. The molecule has 0 aliphatic heterocycles. The summed E-state index contributed by atoms with van der Waals surface area (Å²) < 4.78 is 0. The summed E-state index contributed by atoms with van der Waals surface area (Å²) in [7, 11) is 0. The first-order valence-corrected chi connectivity index (χ1v) is 7.98. The largest absolute Gasteiger partial charge is 0.353 e. The van der Waals surface area contributed by atoms with Crippen molar-refractivity contribution in [3.8, 4) is 0 Å². The number of hydrogen-bond donors (Lipinski definition) is 0. The molecule has 0 N–H and O–H groups in total. The second kappa shape index (κ2) is 6.50. The number of aromatic nitrogens is 2. The van der Waals surface area contributed by atoms with E-state index in [0.717, 1.165) is 29.2 Å². The van der Waals surface area contributed by atoms with Gasteiger partial charge in [-0.15, -0.1) is 0 Å². The minimum atomic E-state index is 0.657. The van der Waals surface area contributed by atoms with E-state index >= 15 is 0 Å². The van der Waals surface area contributed by atoms with Gasteiger partial charge in [-0.05, 0) is 26.7 Å². The second-order valence-electron chi connectivity index (χ2n) is 5.09. The molecule has 1 aliphatic rings. The lowest BCUT2D eigenvalue weighted by atomic mass is 9.94. The van der Waals surface area contributed by atoms with E-state index in [-0.39, 0.29) is 0 Å². The van der Waals surface area contributed by atoms with Crippen LogP contribution in [0.15, 0.2) is 6.07 Å². The number of rotatable bonds is 4. The first-order chi connectivity index (χ1) is 8.70. The van der Waals surface area contributed by atoms with Crippen LogP contribution in [0.4, 0.5) is 5.82 Å². The van der Waals surface area contributed by atoms with Crippen LogP contribution >= 0.6 is 15.9 Å². The Bertz CT molecular complexity index is 368. The molecule has 1 saturated carbocycles. The van der Waals surface area contributed by atoms with Gasteiger partial charge in [0.15, 0.2) is 0 Å². The topological polar surface area (TPSA) is 29.0 Å². The quantitative estimate of drug-likeness (QED) is 0.795. The summed E-state index contributed by atoms with van der Waals surface area (Å²) in [6.07, 6.45) is 6.70. The molecule has 0 bridgehead atoms. The zero-order chi connectivity index (χ0) is 13.0. The number of aryl methyl sites for hydroxylation is 2. The third kappa shape index (κ3) is 3.44. The molecule has 1 aromatic heterocycles. The highest BCUT2D eigenvalue weighted by Gasteiger charge is 2.22. The number of hydrogen-bond acceptors (Lipinski definition) is 3. The fourth-order valence-corrected chi connectivity index (χ4v) is 3.19. The van der Waals surface area contributed by atoms with Crippen LogP contribution in [-0.2, 0) is 0 Å². The first-order valence-electron chi connectivity index (χ1n) is 6.85. The minimum absolute atomic E-state index is 0.657. The van der Waals surface area contributed by atoms with Gasteiger partial charge in [0.05, 0.1) is 0 Å². The maximum absolute atomic E-state index is 4.62. The van der Waals surface area contributed by atoms with Gasteiger partial charge in [-0.3, -0.25) is 0 Å². The molecule has 4 heteroatoms. The second-order valence-corrected chi connectivity index (χ2v) is 5.88. The van der Waals surface area contributed by atoms with Crippen LogP contribution < -0.4 is 4.90 Å². The Morgan fingerprint density at radius 1 is 1.22 bits per heavy atom. The third-order valence-corrected chi connectivity index (χ3v) is 3.94. The van der Waals surface area contributed by atoms with Crippen molar-refractivity contribution in [2.24, 2.45) is 0 Å². The third-order valence-electron chi connectivity index (χ3n) is 3.59. The van der Waals surface area contributed by atoms with Crippen LogP contribution in [0.2, 0.25) is 0 Å². The lowest BCUT2D eigenvalue weighted by molar-refractivity contribution is 0.417. The molecular weight excluding hydrogens is 290 g/mol. The summed E-state index contributed by atoms with van der Waals surface area (Å²) in [6.45, 7) is 5.05. The van der Waals surface area contributed by atoms with Crippen molar-refractivity contribution in [3.63, 3.8) is 0 Å². The Hall–Kier alpha value is -0.640. The lowest BCUT2D eigenvalue weighted by Gasteiger charge is -2.35. The molecule has 1 aromatic rings. The first kappa shape index (κ1) is 13.8. The van der Waals surface area contributed by atoms with Gasteiger partial charge in [0.1, 0.15) is 11.6 Å². The zero-order valence-corrected chi connectivity index (χ0v) is 12.9. The number of anilines is 1. The van der Waals surface area contributed by atoms with Gasteiger partial charge in [-0.1, -0.05) is 35.2 Å². The summed E-state index contributed by atoms with van der Waals surface area (Å²) in [5.41, 5.74) is 1.06. The van der Waals surface area contributed by atoms with Crippen LogP contribution in [-0.4, -0.2) is 27.9 Å². The fraction of sp³-hybridized carbons (Fsp3) is 0.714. The van der Waals surface area contributed by atoms with E-state index in [4.69, 9.17) is 0 Å². The molecule has 2 rings (SSSR count). The summed E-state index contributed by atoms with van der Waals surface area (Å²) in [5, 5.41) is 0.992. The van der Waals surface area contributed by atoms with E-state index in [2.05, 4.69) is 36.9 Å². The minimum Gasteiger partial charge on any atom is -0.353 e. The lowest BCUT2D eigenvalue weighted by Crippen LogP contribution is -2.39. The van der Waals surface area contributed by atoms with Gasteiger partial charge >= 0.3 is 0 Å². The van der Waals surface area contributed by atoms with Gasteiger partial charge in [0, 0.05) is 29.7 Å². The molecule has 0 saturated heterocycles. The van der Waals surface area contributed by atoms with Crippen molar-refractivity contribution in [1.29, 1.82) is 0 Å². The molecule has 18 heavy (non-hydrogen) atoms.